The number of anilines is 3. The number of nitrogens with two attached hydrogens (primary N) is 1. The van der Waals surface area contributed by atoms with Gasteiger partial charge in [-0.1, -0.05) is 20.8 Å². The Morgan fingerprint density at radius 1 is 1.26 bits per heavy atom. The molecule has 0 bridgehead atoms. The van der Waals surface area contributed by atoms with Gasteiger partial charge in [0.1, 0.15) is 5.82 Å². The number of piperidine rings is 1. The number of nitrogens with one attached hydrogen (secondary N) is 2. The lowest BCUT2D eigenvalue weighted by atomic mass is 9.89. The van der Waals surface area contributed by atoms with E-state index in [9.17, 15) is 4.79 Å². The quantitative estimate of drug-likeness (QED) is 0.761. The Balaban J connectivity index is 1.60. The summed E-state index contributed by atoms with van der Waals surface area (Å²) in [5, 5.41) is 10.2. The summed E-state index contributed by atoms with van der Waals surface area (Å²) < 4.78 is 0. The summed E-state index contributed by atoms with van der Waals surface area (Å²) in [5.74, 6) is 2.31. The van der Waals surface area contributed by atoms with Crippen molar-refractivity contribution >= 4 is 23.5 Å². The van der Waals surface area contributed by atoms with Gasteiger partial charge in [0.05, 0.1) is 0 Å². The molecule has 27 heavy (non-hydrogen) atoms. The zero-order valence-corrected chi connectivity index (χ0v) is 16.5. The number of nitrogen functional groups attached to an aromatic ring is 1. The fourth-order valence-corrected chi connectivity index (χ4v) is 3.41. The van der Waals surface area contributed by atoms with Crippen molar-refractivity contribution in [3.63, 3.8) is 0 Å². The normalized spacial score (nSPS) is 15.8. The van der Waals surface area contributed by atoms with Crippen LogP contribution in [0.2, 0.25) is 0 Å². The summed E-state index contributed by atoms with van der Waals surface area (Å²) in [5.41, 5.74) is 7.45. The van der Waals surface area contributed by atoms with Gasteiger partial charge in [0, 0.05) is 42.0 Å². The first kappa shape index (κ1) is 19.1. The van der Waals surface area contributed by atoms with E-state index in [1.54, 1.807) is 0 Å². The number of aromatic amines is 1. The number of aryl methyl sites for hydroxylation is 1. The van der Waals surface area contributed by atoms with E-state index in [-0.39, 0.29) is 17.3 Å². The van der Waals surface area contributed by atoms with Gasteiger partial charge < -0.3 is 16.0 Å². The van der Waals surface area contributed by atoms with Crippen LogP contribution >= 0.6 is 0 Å². The minimum Gasteiger partial charge on any atom is -0.368 e. The molecular formula is C19H29N7O. The highest BCUT2D eigenvalue weighted by molar-refractivity contribution is 5.81. The van der Waals surface area contributed by atoms with Crippen LogP contribution in [-0.2, 0) is 11.2 Å². The molecule has 2 aromatic rings. The van der Waals surface area contributed by atoms with E-state index >= 15 is 0 Å². The number of nitrogens with zero attached hydrogens (tertiary/aromatic N) is 4. The minimum absolute atomic E-state index is 0.230. The minimum atomic E-state index is -0.320. The van der Waals surface area contributed by atoms with Crippen molar-refractivity contribution < 1.29 is 4.79 Å². The number of carbonyl (C=O) groups excluding carboxylic acids is 1. The Morgan fingerprint density at radius 3 is 2.56 bits per heavy atom. The van der Waals surface area contributed by atoms with E-state index in [0.29, 0.717) is 17.6 Å². The van der Waals surface area contributed by atoms with Crippen molar-refractivity contribution in [1.29, 1.82) is 0 Å². The summed E-state index contributed by atoms with van der Waals surface area (Å²) in [4.78, 5) is 23.0. The maximum atomic E-state index is 12.4. The van der Waals surface area contributed by atoms with Gasteiger partial charge in [-0.15, -0.1) is 0 Å². The zero-order valence-electron chi connectivity index (χ0n) is 16.5. The molecule has 8 heteroatoms. The van der Waals surface area contributed by atoms with Gasteiger partial charge in [0.2, 0.25) is 11.9 Å². The molecule has 0 spiro atoms. The Kier molecular flexibility index (Phi) is 5.34. The molecule has 4 N–H and O–H groups in total. The number of aromatic nitrogens is 4. The van der Waals surface area contributed by atoms with Gasteiger partial charge in [-0.05, 0) is 32.1 Å². The number of hydrogen-bond donors (Lipinski definition) is 3. The average molecular weight is 371 g/mol. The first-order valence-electron chi connectivity index (χ1n) is 9.42. The van der Waals surface area contributed by atoms with Crippen LogP contribution in [-0.4, -0.2) is 44.1 Å². The van der Waals surface area contributed by atoms with Crippen LogP contribution < -0.4 is 11.1 Å². The van der Waals surface area contributed by atoms with Crippen LogP contribution in [0.4, 0.5) is 17.6 Å². The molecule has 2 aromatic heterocycles. The topological polar surface area (TPSA) is 113 Å². The Hall–Kier alpha value is -2.64. The lowest BCUT2D eigenvalue weighted by Gasteiger charge is -2.35. The van der Waals surface area contributed by atoms with Crippen LogP contribution in [0.25, 0.3) is 0 Å². The second kappa shape index (κ2) is 7.54. The van der Waals surface area contributed by atoms with Crippen molar-refractivity contribution in [3.05, 3.63) is 23.5 Å². The molecule has 3 heterocycles. The van der Waals surface area contributed by atoms with Crippen LogP contribution in [0.1, 0.15) is 45.0 Å². The van der Waals surface area contributed by atoms with Gasteiger partial charge in [-0.25, -0.2) is 4.98 Å². The number of carbonyl (C=O) groups is 1. The molecule has 3 rings (SSSR count). The third kappa shape index (κ3) is 4.96. The van der Waals surface area contributed by atoms with Crippen molar-refractivity contribution in [1.82, 2.24) is 25.1 Å². The number of amides is 1. The molecule has 146 valence electrons. The van der Waals surface area contributed by atoms with E-state index in [1.165, 1.54) is 0 Å². The average Bonchev–Trinajstić information content (AvgIpc) is 2.98. The number of hydrogen-bond acceptors (Lipinski definition) is 6. The maximum absolute atomic E-state index is 12.4. The molecular weight excluding hydrogens is 342 g/mol. The first-order chi connectivity index (χ1) is 12.7. The van der Waals surface area contributed by atoms with Crippen molar-refractivity contribution in [2.75, 3.05) is 24.1 Å². The summed E-state index contributed by atoms with van der Waals surface area (Å²) in [6.45, 7) is 9.47. The van der Waals surface area contributed by atoms with Gasteiger partial charge in [-0.2, -0.15) is 10.1 Å². The van der Waals surface area contributed by atoms with Gasteiger partial charge >= 0.3 is 0 Å². The Bertz CT molecular complexity index is 801. The second-order valence-corrected chi connectivity index (χ2v) is 8.35. The highest BCUT2D eigenvalue weighted by Gasteiger charge is 2.30. The van der Waals surface area contributed by atoms with E-state index in [2.05, 4.69) is 25.5 Å². The fraction of sp³-hybridized carbons (Fsp3) is 0.579. The lowest BCUT2D eigenvalue weighted by molar-refractivity contribution is -0.140. The van der Waals surface area contributed by atoms with Crippen molar-refractivity contribution in [2.24, 2.45) is 11.3 Å². The fourth-order valence-electron chi connectivity index (χ4n) is 3.41. The van der Waals surface area contributed by atoms with Gasteiger partial charge in [0.15, 0.2) is 5.82 Å². The molecule has 0 radical (unpaired) electrons. The maximum Gasteiger partial charge on any atom is 0.227 e. The second-order valence-electron chi connectivity index (χ2n) is 8.35. The first-order valence-corrected chi connectivity index (χ1v) is 9.42. The van der Waals surface area contributed by atoms with E-state index in [0.717, 1.165) is 43.7 Å². The van der Waals surface area contributed by atoms with E-state index < -0.39 is 0 Å². The SMILES string of the molecule is Cc1cc(Nc2cc(CC3CCN(C(=O)C(C)(C)C)CC3)nc(N)n2)n[nH]1. The van der Waals surface area contributed by atoms with Crippen LogP contribution in [0.15, 0.2) is 12.1 Å². The van der Waals surface area contributed by atoms with Crippen LogP contribution in [0, 0.1) is 18.3 Å². The predicted octanol–water partition coefficient (Wildman–Crippen LogP) is 2.66. The number of rotatable bonds is 4. The summed E-state index contributed by atoms with van der Waals surface area (Å²) >= 11 is 0. The molecule has 0 unspecified atom stereocenters. The van der Waals surface area contributed by atoms with Crippen molar-refractivity contribution in [2.45, 2.75) is 47.0 Å². The molecule has 1 aliphatic rings. The van der Waals surface area contributed by atoms with Crippen molar-refractivity contribution in [3.8, 4) is 0 Å². The predicted molar refractivity (Wildman–Crippen MR) is 106 cm³/mol. The molecule has 1 aliphatic heterocycles. The smallest absolute Gasteiger partial charge is 0.227 e. The highest BCUT2D eigenvalue weighted by Crippen LogP contribution is 2.26. The largest absolute Gasteiger partial charge is 0.368 e. The molecule has 0 saturated carbocycles. The molecule has 1 fully saturated rings. The third-order valence-corrected chi connectivity index (χ3v) is 4.80. The number of H-pyrrole nitrogens is 1. The summed E-state index contributed by atoms with van der Waals surface area (Å²) in [6, 6.07) is 3.83. The summed E-state index contributed by atoms with van der Waals surface area (Å²) in [6.07, 6.45) is 2.79. The Labute approximate surface area is 160 Å². The molecule has 0 aliphatic carbocycles. The zero-order chi connectivity index (χ0) is 19.6. The van der Waals surface area contributed by atoms with E-state index in [4.69, 9.17) is 5.73 Å². The van der Waals surface area contributed by atoms with Gasteiger partial charge in [-0.3, -0.25) is 9.89 Å². The van der Waals surface area contributed by atoms with Crippen LogP contribution in [0.3, 0.4) is 0 Å². The molecule has 8 nitrogen and oxygen atoms in total. The van der Waals surface area contributed by atoms with Crippen LogP contribution in [0.5, 0.6) is 0 Å². The molecule has 0 aromatic carbocycles. The van der Waals surface area contributed by atoms with Gasteiger partial charge in [0.25, 0.3) is 0 Å². The summed E-state index contributed by atoms with van der Waals surface area (Å²) in [7, 11) is 0. The molecule has 1 saturated heterocycles. The van der Waals surface area contributed by atoms with E-state index in [1.807, 2.05) is 44.7 Å². The molecule has 0 atom stereocenters. The monoisotopic (exact) mass is 371 g/mol. The number of likely N-dealkylation sites (tertiary alicyclic amines) is 1. The molecule has 1 amide bonds. The lowest BCUT2D eigenvalue weighted by Crippen LogP contribution is -2.44. The standard InChI is InChI=1S/C19H29N7O/c1-12-9-16(25-24-12)22-15-11-14(21-18(20)23-15)10-13-5-7-26(8-6-13)17(27)19(2,3)4/h9,11,13H,5-8,10H2,1-4H3,(H4,20,21,22,23,24,25). The highest BCUT2D eigenvalue weighted by atomic mass is 16.2. The third-order valence-electron chi connectivity index (χ3n) is 4.80. The Morgan fingerprint density at radius 2 is 1.96 bits per heavy atom.